The third-order valence-electron chi connectivity index (χ3n) is 2.89. The summed E-state index contributed by atoms with van der Waals surface area (Å²) in [6.45, 7) is 5.31. The Morgan fingerprint density at radius 3 is 3.24 bits per heavy atom. The number of nitrogens with zero attached hydrogens (tertiary/aromatic N) is 2. The number of aromatic nitrogens is 1. The number of likely N-dealkylation sites (tertiary alicyclic amines) is 1. The van der Waals surface area contributed by atoms with Gasteiger partial charge in [0.2, 0.25) is 0 Å². The lowest BCUT2D eigenvalue weighted by Crippen LogP contribution is -2.36. The maximum absolute atomic E-state index is 11.9. The van der Waals surface area contributed by atoms with E-state index in [2.05, 4.69) is 22.1 Å². The lowest BCUT2D eigenvalue weighted by atomic mass is 10.2. The topological polar surface area (TPSA) is 71.2 Å². The first kappa shape index (κ1) is 12.3. The molecule has 1 aromatic rings. The highest BCUT2D eigenvalue weighted by atomic mass is 32.1. The zero-order valence-corrected chi connectivity index (χ0v) is 10.8. The minimum Gasteiger partial charge on any atom is -0.375 e. The van der Waals surface area contributed by atoms with Crippen LogP contribution in [0.5, 0.6) is 0 Å². The number of carbonyl (C=O) groups excluding carboxylic acids is 1. The average molecular weight is 254 g/mol. The summed E-state index contributed by atoms with van der Waals surface area (Å²) in [6, 6.07) is 0.261. The van der Waals surface area contributed by atoms with Gasteiger partial charge in [0.25, 0.3) is 5.91 Å². The lowest BCUT2D eigenvalue weighted by molar-refractivity contribution is 0.0941. The first-order valence-corrected chi connectivity index (χ1v) is 6.75. The van der Waals surface area contributed by atoms with Gasteiger partial charge in [-0.1, -0.05) is 18.3 Å². The molecule has 1 aliphatic rings. The third-order valence-corrected chi connectivity index (χ3v) is 3.72. The van der Waals surface area contributed by atoms with Gasteiger partial charge in [0.1, 0.15) is 4.88 Å². The first-order chi connectivity index (χ1) is 8.19. The van der Waals surface area contributed by atoms with Crippen molar-refractivity contribution in [2.45, 2.75) is 25.8 Å². The van der Waals surface area contributed by atoms with Crippen molar-refractivity contribution in [2.24, 2.45) is 0 Å². The number of hydrogen-bond acceptors (Lipinski definition) is 5. The second-order valence-corrected chi connectivity index (χ2v) is 5.38. The van der Waals surface area contributed by atoms with Gasteiger partial charge in [-0.3, -0.25) is 4.79 Å². The molecule has 1 saturated heterocycles. The molecule has 3 N–H and O–H groups in total. The zero-order chi connectivity index (χ0) is 12.3. The summed E-state index contributed by atoms with van der Waals surface area (Å²) >= 11 is 1.23. The molecule has 2 heterocycles. The number of amides is 1. The zero-order valence-electron chi connectivity index (χ0n) is 9.98. The van der Waals surface area contributed by atoms with Crippen LogP contribution in [-0.2, 0) is 0 Å². The van der Waals surface area contributed by atoms with E-state index in [1.807, 2.05) is 0 Å². The summed E-state index contributed by atoms with van der Waals surface area (Å²) in [5.74, 6) is -0.0532. The van der Waals surface area contributed by atoms with Gasteiger partial charge in [-0.05, 0) is 19.4 Å². The van der Waals surface area contributed by atoms with E-state index >= 15 is 0 Å². The molecule has 17 heavy (non-hydrogen) atoms. The van der Waals surface area contributed by atoms with E-state index in [1.165, 1.54) is 17.5 Å². The molecule has 0 aliphatic carbocycles. The Hall–Kier alpha value is -1.14. The number of carbonyl (C=O) groups is 1. The Morgan fingerprint density at radius 2 is 2.59 bits per heavy atom. The molecule has 0 unspecified atom stereocenters. The third kappa shape index (κ3) is 3.17. The van der Waals surface area contributed by atoms with Gasteiger partial charge < -0.3 is 16.0 Å². The van der Waals surface area contributed by atoms with Gasteiger partial charge in [-0.2, -0.15) is 0 Å². The number of nitrogen functional groups attached to an aromatic ring is 1. The molecule has 0 saturated carbocycles. The second kappa shape index (κ2) is 5.46. The molecular formula is C11H18N4OS. The smallest absolute Gasteiger partial charge is 0.263 e. The number of thiazole rings is 1. The van der Waals surface area contributed by atoms with Crippen LogP contribution in [0.2, 0.25) is 0 Å². The Balaban J connectivity index is 1.84. The van der Waals surface area contributed by atoms with E-state index in [-0.39, 0.29) is 11.9 Å². The predicted octanol–water partition coefficient (Wildman–Crippen LogP) is 0.939. The van der Waals surface area contributed by atoms with E-state index < -0.39 is 0 Å². The molecule has 0 bridgehead atoms. The van der Waals surface area contributed by atoms with Gasteiger partial charge in [-0.25, -0.2) is 4.98 Å². The number of anilines is 1. The molecule has 5 nitrogen and oxygen atoms in total. The SMILES string of the molecule is CCCN1CC[C@@H](NC(=O)c2cnc(N)s2)C1. The molecule has 1 atom stereocenters. The molecule has 6 heteroatoms. The van der Waals surface area contributed by atoms with Crippen LogP contribution in [0.25, 0.3) is 0 Å². The van der Waals surface area contributed by atoms with E-state index in [4.69, 9.17) is 5.73 Å². The van der Waals surface area contributed by atoms with Crippen molar-refractivity contribution in [3.05, 3.63) is 11.1 Å². The van der Waals surface area contributed by atoms with Crippen molar-refractivity contribution in [1.82, 2.24) is 15.2 Å². The summed E-state index contributed by atoms with van der Waals surface area (Å²) in [6.07, 6.45) is 3.72. The van der Waals surface area contributed by atoms with Crippen molar-refractivity contribution in [3.63, 3.8) is 0 Å². The molecule has 1 fully saturated rings. The number of nitrogens with two attached hydrogens (primary N) is 1. The standard InChI is InChI=1S/C11H18N4OS/c1-2-4-15-5-3-8(7-15)14-10(16)9-6-13-11(12)17-9/h6,8H,2-5,7H2,1H3,(H2,12,13)(H,14,16)/t8-/m1/s1. The van der Waals surface area contributed by atoms with Crippen LogP contribution < -0.4 is 11.1 Å². The molecule has 0 spiro atoms. The summed E-state index contributed by atoms with van der Waals surface area (Å²) < 4.78 is 0. The van der Waals surface area contributed by atoms with E-state index in [0.717, 1.165) is 32.5 Å². The van der Waals surface area contributed by atoms with Crippen molar-refractivity contribution in [3.8, 4) is 0 Å². The van der Waals surface area contributed by atoms with Crippen LogP contribution in [-0.4, -0.2) is 41.5 Å². The number of hydrogen-bond donors (Lipinski definition) is 2. The van der Waals surface area contributed by atoms with E-state index in [9.17, 15) is 4.79 Å². The van der Waals surface area contributed by atoms with Crippen LogP contribution in [0.15, 0.2) is 6.20 Å². The molecule has 1 aromatic heterocycles. The maximum atomic E-state index is 11.9. The highest BCUT2D eigenvalue weighted by molar-refractivity contribution is 7.17. The van der Waals surface area contributed by atoms with Crippen LogP contribution in [0.3, 0.4) is 0 Å². The highest BCUT2D eigenvalue weighted by Gasteiger charge is 2.23. The second-order valence-electron chi connectivity index (χ2n) is 4.32. The van der Waals surface area contributed by atoms with Crippen molar-refractivity contribution in [1.29, 1.82) is 0 Å². The van der Waals surface area contributed by atoms with Gasteiger partial charge in [0.15, 0.2) is 5.13 Å². The van der Waals surface area contributed by atoms with Crippen LogP contribution >= 0.6 is 11.3 Å². The fourth-order valence-corrected chi connectivity index (χ4v) is 2.71. The van der Waals surface area contributed by atoms with Crippen LogP contribution in [0.1, 0.15) is 29.4 Å². The molecule has 2 rings (SSSR count). The highest BCUT2D eigenvalue weighted by Crippen LogP contribution is 2.15. The summed E-state index contributed by atoms with van der Waals surface area (Å²) in [5, 5.41) is 3.47. The molecule has 1 amide bonds. The van der Waals surface area contributed by atoms with Crippen LogP contribution in [0.4, 0.5) is 5.13 Å². The Labute approximate surface area is 105 Å². The average Bonchev–Trinajstić information content (AvgIpc) is 2.88. The summed E-state index contributed by atoms with van der Waals surface area (Å²) in [7, 11) is 0. The van der Waals surface area contributed by atoms with Gasteiger partial charge in [0, 0.05) is 19.1 Å². The molecule has 94 valence electrons. The largest absolute Gasteiger partial charge is 0.375 e. The van der Waals surface area contributed by atoms with E-state index in [0.29, 0.717) is 10.0 Å². The fourth-order valence-electron chi connectivity index (χ4n) is 2.12. The lowest BCUT2D eigenvalue weighted by Gasteiger charge is -2.15. The van der Waals surface area contributed by atoms with Crippen molar-refractivity contribution in [2.75, 3.05) is 25.4 Å². The van der Waals surface area contributed by atoms with Gasteiger partial charge in [-0.15, -0.1) is 0 Å². The minimum absolute atomic E-state index is 0.0532. The normalized spacial score (nSPS) is 20.6. The first-order valence-electron chi connectivity index (χ1n) is 5.93. The maximum Gasteiger partial charge on any atom is 0.263 e. The quantitative estimate of drug-likeness (QED) is 0.839. The monoisotopic (exact) mass is 254 g/mol. The number of rotatable bonds is 4. The molecular weight excluding hydrogens is 236 g/mol. The predicted molar refractivity (Wildman–Crippen MR) is 69.1 cm³/mol. The van der Waals surface area contributed by atoms with Crippen molar-refractivity contribution < 1.29 is 4.79 Å². The van der Waals surface area contributed by atoms with Gasteiger partial charge >= 0.3 is 0 Å². The van der Waals surface area contributed by atoms with E-state index in [1.54, 1.807) is 0 Å². The Bertz CT molecular complexity index is 393. The molecule has 1 aliphatic heterocycles. The Morgan fingerprint density at radius 1 is 1.76 bits per heavy atom. The Kier molecular flexibility index (Phi) is 3.96. The van der Waals surface area contributed by atoms with Crippen molar-refractivity contribution >= 4 is 22.4 Å². The molecule has 0 aromatic carbocycles. The summed E-state index contributed by atoms with van der Waals surface area (Å²) in [5.41, 5.74) is 5.51. The van der Waals surface area contributed by atoms with Gasteiger partial charge in [0.05, 0.1) is 6.20 Å². The minimum atomic E-state index is -0.0532. The fraction of sp³-hybridized carbons (Fsp3) is 0.636. The summed E-state index contributed by atoms with van der Waals surface area (Å²) in [4.78, 5) is 18.7. The van der Waals surface area contributed by atoms with Crippen LogP contribution in [0, 0.1) is 0 Å². The molecule has 0 radical (unpaired) electrons. The number of nitrogens with one attached hydrogen (secondary N) is 1.